The molecule has 0 aliphatic carbocycles. The minimum Gasteiger partial charge on any atom is -0.408 e. The van der Waals surface area contributed by atoms with Crippen LogP contribution in [0.2, 0.25) is 0 Å². The van der Waals surface area contributed by atoms with E-state index >= 15 is 0 Å². The van der Waals surface area contributed by atoms with E-state index in [0.717, 1.165) is 20.3 Å². The van der Waals surface area contributed by atoms with Gasteiger partial charge >= 0.3 is 5.76 Å². The molecule has 1 N–H and O–H groups in total. The number of benzene rings is 1. The number of hydrogen-bond acceptors (Lipinski definition) is 3. The minimum absolute atomic E-state index is 0.460. The average Bonchev–Trinajstić information content (AvgIpc) is 2.42. The molecule has 0 spiro atoms. The maximum absolute atomic E-state index is 10.8. The van der Waals surface area contributed by atoms with Crippen LogP contribution < -0.4 is 5.76 Å². The number of rotatable bonds is 1. The van der Waals surface area contributed by atoms with Crippen molar-refractivity contribution in [2.45, 2.75) is 4.90 Å². The summed E-state index contributed by atoms with van der Waals surface area (Å²) in [4.78, 5) is 14.2. The molecule has 0 aliphatic heterocycles. The first kappa shape index (κ1) is 9.18. The van der Waals surface area contributed by atoms with Gasteiger partial charge in [-0.1, -0.05) is 0 Å². The van der Waals surface area contributed by atoms with Crippen molar-refractivity contribution in [3.63, 3.8) is 0 Å². The smallest absolute Gasteiger partial charge is 0.408 e. The number of nitrogens with one attached hydrogen (secondary N) is 1. The second kappa shape index (κ2) is 3.40. The Kier molecular flexibility index (Phi) is 2.40. The van der Waals surface area contributed by atoms with Gasteiger partial charge in [0.1, 0.15) is 0 Å². The first-order valence-corrected chi connectivity index (χ1v) is 5.75. The molecule has 0 radical (unpaired) electrons. The fourth-order valence-corrected chi connectivity index (χ4v) is 2.54. The summed E-state index contributed by atoms with van der Waals surface area (Å²) in [6.45, 7) is 0. The van der Waals surface area contributed by atoms with Crippen LogP contribution in [0.15, 0.2) is 30.7 Å². The Morgan fingerprint density at radius 2 is 2.31 bits per heavy atom. The van der Waals surface area contributed by atoms with E-state index in [1.807, 2.05) is 0 Å². The Bertz CT molecular complexity index is 507. The third-order valence-electron chi connectivity index (χ3n) is 1.56. The molecular formula is C7H3BrClNO2S. The molecule has 0 atom stereocenters. The van der Waals surface area contributed by atoms with Gasteiger partial charge in [-0.2, -0.15) is 0 Å². The molecule has 6 heteroatoms. The minimum atomic E-state index is -0.460. The highest BCUT2D eigenvalue weighted by Crippen LogP contribution is 2.32. The zero-order chi connectivity index (χ0) is 9.42. The molecule has 1 heterocycles. The van der Waals surface area contributed by atoms with Crippen molar-refractivity contribution < 1.29 is 4.42 Å². The molecule has 1 aromatic carbocycles. The van der Waals surface area contributed by atoms with Crippen LogP contribution in [0.3, 0.4) is 0 Å². The predicted molar refractivity (Wildman–Crippen MR) is 56.2 cm³/mol. The van der Waals surface area contributed by atoms with Gasteiger partial charge in [-0.3, -0.25) is 4.98 Å². The number of aromatic amines is 1. The van der Waals surface area contributed by atoms with Crippen molar-refractivity contribution in [3.05, 3.63) is 27.2 Å². The SMILES string of the molecule is O=c1[nH]c2cc(Br)c(SCl)cc2o1. The van der Waals surface area contributed by atoms with E-state index in [2.05, 4.69) is 20.9 Å². The number of H-pyrrole nitrogens is 1. The van der Waals surface area contributed by atoms with E-state index in [9.17, 15) is 4.79 Å². The highest BCUT2D eigenvalue weighted by Gasteiger charge is 2.06. The number of halogens is 2. The van der Waals surface area contributed by atoms with Crippen LogP contribution in [0.1, 0.15) is 0 Å². The zero-order valence-electron chi connectivity index (χ0n) is 6.14. The van der Waals surface area contributed by atoms with Crippen LogP contribution >= 0.6 is 37.6 Å². The van der Waals surface area contributed by atoms with E-state index in [1.165, 1.54) is 0 Å². The summed E-state index contributed by atoms with van der Waals surface area (Å²) in [5.41, 5.74) is 1.17. The second-order valence-electron chi connectivity index (χ2n) is 2.37. The molecule has 2 aromatic rings. The molecule has 13 heavy (non-hydrogen) atoms. The summed E-state index contributed by atoms with van der Waals surface area (Å²) in [7, 11) is 6.66. The van der Waals surface area contributed by atoms with Gasteiger partial charge in [-0.05, 0) is 49.7 Å². The number of hydrogen-bond donors (Lipinski definition) is 1. The Morgan fingerprint density at radius 1 is 1.54 bits per heavy atom. The molecule has 2 rings (SSSR count). The number of oxazole rings is 1. The Balaban J connectivity index is 2.80. The van der Waals surface area contributed by atoms with E-state index in [-0.39, 0.29) is 0 Å². The van der Waals surface area contributed by atoms with E-state index in [4.69, 9.17) is 15.1 Å². The van der Waals surface area contributed by atoms with Gasteiger partial charge < -0.3 is 4.42 Å². The maximum atomic E-state index is 10.8. The predicted octanol–water partition coefficient (Wildman–Crippen LogP) is 3.13. The van der Waals surface area contributed by atoms with Gasteiger partial charge in [0.15, 0.2) is 5.58 Å². The fraction of sp³-hybridized carbons (Fsp3) is 0. The lowest BCUT2D eigenvalue weighted by Gasteiger charge is -1.96. The van der Waals surface area contributed by atoms with Crippen molar-refractivity contribution in [2.75, 3.05) is 0 Å². The summed E-state index contributed by atoms with van der Waals surface area (Å²) in [6, 6.07) is 3.46. The summed E-state index contributed by atoms with van der Waals surface area (Å²) >= 11 is 3.32. The van der Waals surface area contributed by atoms with E-state index < -0.39 is 5.76 Å². The molecular weight excluding hydrogens is 278 g/mol. The highest BCUT2D eigenvalue weighted by molar-refractivity contribution is 9.10. The van der Waals surface area contributed by atoms with Crippen LogP contribution in [0.25, 0.3) is 11.1 Å². The average molecular weight is 281 g/mol. The summed E-state index contributed by atoms with van der Waals surface area (Å²) in [5, 5.41) is 0. The van der Waals surface area contributed by atoms with Crippen molar-refractivity contribution in [1.82, 2.24) is 4.98 Å². The Labute approximate surface area is 90.1 Å². The molecule has 0 unspecified atom stereocenters. The van der Waals surface area contributed by atoms with Crippen molar-refractivity contribution in [2.24, 2.45) is 0 Å². The Hall–Kier alpha value is -0.390. The lowest BCUT2D eigenvalue weighted by atomic mass is 10.3. The third-order valence-corrected chi connectivity index (χ3v) is 3.48. The molecule has 3 nitrogen and oxygen atoms in total. The highest BCUT2D eigenvalue weighted by atomic mass is 79.9. The monoisotopic (exact) mass is 279 g/mol. The first-order chi connectivity index (χ1) is 6.20. The van der Waals surface area contributed by atoms with Gasteiger partial charge in [-0.25, -0.2) is 4.79 Å². The van der Waals surface area contributed by atoms with Crippen LogP contribution in [-0.2, 0) is 0 Å². The van der Waals surface area contributed by atoms with Crippen molar-refractivity contribution in [1.29, 1.82) is 0 Å². The molecule has 68 valence electrons. The summed E-state index contributed by atoms with van der Waals surface area (Å²) in [5.74, 6) is -0.460. The van der Waals surface area contributed by atoms with Crippen molar-refractivity contribution in [3.8, 4) is 0 Å². The lowest BCUT2D eigenvalue weighted by molar-refractivity contribution is 0.555. The first-order valence-electron chi connectivity index (χ1n) is 3.31. The quantitative estimate of drug-likeness (QED) is 0.873. The standard InChI is InChI=1S/C7H3BrClNO2S/c8-3-1-4-5(2-6(3)13-9)12-7(11)10-4/h1-2H,(H,10,11). The lowest BCUT2D eigenvalue weighted by Crippen LogP contribution is -1.92. The molecule has 0 saturated carbocycles. The Morgan fingerprint density at radius 3 is 3.00 bits per heavy atom. The number of aromatic nitrogens is 1. The van der Waals surface area contributed by atoms with E-state index in [0.29, 0.717) is 11.1 Å². The van der Waals surface area contributed by atoms with Crippen molar-refractivity contribution >= 4 is 48.7 Å². The van der Waals surface area contributed by atoms with Crippen LogP contribution in [-0.4, -0.2) is 4.98 Å². The molecule has 0 amide bonds. The molecule has 0 fully saturated rings. The van der Waals surface area contributed by atoms with Gasteiger partial charge in [0, 0.05) is 9.37 Å². The van der Waals surface area contributed by atoms with Gasteiger partial charge in [0.25, 0.3) is 0 Å². The van der Waals surface area contributed by atoms with Crippen LogP contribution in [0.4, 0.5) is 0 Å². The van der Waals surface area contributed by atoms with Crippen LogP contribution in [0, 0.1) is 0 Å². The summed E-state index contributed by atoms with van der Waals surface area (Å²) < 4.78 is 5.69. The largest absolute Gasteiger partial charge is 0.417 e. The van der Waals surface area contributed by atoms with Crippen LogP contribution in [0.5, 0.6) is 0 Å². The summed E-state index contributed by atoms with van der Waals surface area (Å²) in [6.07, 6.45) is 0. The van der Waals surface area contributed by atoms with Gasteiger partial charge in [-0.15, -0.1) is 0 Å². The van der Waals surface area contributed by atoms with Gasteiger partial charge in [0.05, 0.1) is 5.52 Å². The number of fused-ring (bicyclic) bond motifs is 1. The van der Waals surface area contributed by atoms with E-state index in [1.54, 1.807) is 12.1 Å². The second-order valence-corrected chi connectivity index (χ2v) is 4.28. The molecule has 0 saturated heterocycles. The van der Waals surface area contributed by atoms with Gasteiger partial charge in [0.2, 0.25) is 0 Å². The fourth-order valence-electron chi connectivity index (χ4n) is 1.01. The maximum Gasteiger partial charge on any atom is 0.417 e. The molecule has 0 aliphatic rings. The third kappa shape index (κ3) is 1.63. The topological polar surface area (TPSA) is 46.0 Å². The normalized spacial score (nSPS) is 10.9. The molecule has 1 aromatic heterocycles. The molecule has 0 bridgehead atoms. The zero-order valence-corrected chi connectivity index (χ0v) is 9.29.